The Hall–Kier alpha value is -2.57. The Bertz CT molecular complexity index is 1130. The van der Waals surface area contributed by atoms with Crippen molar-refractivity contribution in [1.29, 1.82) is 0 Å². The van der Waals surface area contributed by atoms with Crippen molar-refractivity contribution in [3.63, 3.8) is 0 Å². The van der Waals surface area contributed by atoms with Crippen LogP contribution in [0.2, 0.25) is 0 Å². The second kappa shape index (κ2) is 6.87. The van der Waals surface area contributed by atoms with Crippen molar-refractivity contribution in [2.45, 2.75) is 12.2 Å². The highest BCUT2D eigenvalue weighted by atomic mass is 32.2. The van der Waals surface area contributed by atoms with Gasteiger partial charge < -0.3 is 9.88 Å². The van der Waals surface area contributed by atoms with Gasteiger partial charge in [-0.15, -0.1) is 11.3 Å². The molecule has 0 bridgehead atoms. The molecule has 4 aromatic rings. The van der Waals surface area contributed by atoms with Crippen LogP contribution in [0, 0.1) is 0 Å². The lowest BCUT2D eigenvalue weighted by molar-refractivity contribution is 0.102. The van der Waals surface area contributed by atoms with Crippen molar-refractivity contribution in [2.75, 3.05) is 11.1 Å². The van der Waals surface area contributed by atoms with Gasteiger partial charge in [0.15, 0.2) is 0 Å². The minimum Gasteiger partial charge on any atom is -0.320 e. The van der Waals surface area contributed by atoms with Gasteiger partial charge in [0.1, 0.15) is 5.00 Å². The number of hydrogen-bond acceptors (Lipinski definition) is 4. The van der Waals surface area contributed by atoms with Crippen LogP contribution in [-0.2, 0) is 12.2 Å². The Balaban J connectivity index is 1.59. The number of nitrogens with zero attached hydrogens (tertiary/aromatic N) is 2. The Morgan fingerprint density at radius 3 is 2.85 bits per heavy atom. The summed E-state index contributed by atoms with van der Waals surface area (Å²) in [7, 11) is 0. The molecule has 0 saturated heterocycles. The molecule has 5 rings (SSSR count). The Morgan fingerprint density at radius 2 is 1.96 bits per heavy atom. The van der Waals surface area contributed by atoms with Crippen molar-refractivity contribution in [3.8, 4) is 5.00 Å². The highest BCUT2D eigenvalue weighted by Crippen LogP contribution is 2.38. The van der Waals surface area contributed by atoms with E-state index in [4.69, 9.17) is 0 Å². The number of rotatable bonds is 3. The van der Waals surface area contributed by atoms with Crippen LogP contribution in [0.4, 0.5) is 5.69 Å². The molecule has 0 aliphatic carbocycles. The van der Waals surface area contributed by atoms with Crippen LogP contribution in [0.15, 0.2) is 61.1 Å². The molecule has 0 fully saturated rings. The van der Waals surface area contributed by atoms with Gasteiger partial charge in [0.2, 0.25) is 0 Å². The van der Waals surface area contributed by atoms with Crippen LogP contribution in [-0.4, -0.2) is 21.2 Å². The van der Waals surface area contributed by atoms with E-state index in [9.17, 15) is 4.79 Å². The Kier molecular flexibility index (Phi) is 4.22. The normalized spacial score (nSPS) is 13.5. The summed E-state index contributed by atoms with van der Waals surface area (Å²) in [5, 5.41) is 5.14. The molecule has 1 amide bonds. The smallest absolute Gasteiger partial charge is 0.259 e. The molecular formula is C21H17N3OS2. The lowest BCUT2D eigenvalue weighted by atomic mass is 10.1. The average Bonchev–Trinajstić information content (AvgIpc) is 3.36. The molecule has 0 radical (unpaired) electrons. The van der Waals surface area contributed by atoms with E-state index in [1.54, 1.807) is 17.5 Å². The molecule has 1 aliphatic heterocycles. The third-order valence-electron chi connectivity index (χ3n) is 4.75. The number of thioether (sulfide) groups is 1. The van der Waals surface area contributed by atoms with Crippen molar-refractivity contribution in [1.82, 2.24) is 9.55 Å². The number of carbonyl (C=O) groups is 1. The Labute approximate surface area is 165 Å². The quantitative estimate of drug-likeness (QED) is 0.527. The molecule has 1 aromatic carbocycles. The van der Waals surface area contributed by atoms with Crippen LogP contribution >= 0.6 is 23.1 Å². The molecule has 6 heteroatoms. The SMILES string of the molecule is O=C(Nc1cccc2cccnc12)c1c(-n2cccc2)sc2c1CCSC2. The van der Waals surface area contributed by atoms with Crippen molar-refractivity contribution >= 4 is 45.6 Å². The Morgan fingerprint density at radius 1 is 1.11 bits per heavy atom. The highest BCUT2D eigenvalue weighted by molar-refractivity contribution is 7.98. The van der Waals surface area contributed by atoms with E-state index >= 15 is 0 Å². The number of anilines is 1. The lowest BCUT2D eigenvalue weighted by Gasteiger charge is -2.14. The summed E-state index contributed by atoms with van der Waals surface area (Å²) in [4.78, 5) is 19.1. The first-order valence-electron chi connectivity index (χ1n) is 8.82. The zero-order chi connectivity index (χ0) is 18.2. The topological polar surface area (TPSA) is 46.9 Å². The second-order valence-corrected chi connectivity index (χ2v) is 8.60. The average molecular weight is 392 g/mol. The van der Waals surface area contributed by atoms with Crippen LogP contribution in [0.1, 0.15) is 20.8 Å². The second-order valence-electron chi connectivity index (χ2n) is 6.41. The lowest BCUT2D eigenvalue weighted by Crippen LogP contribution is -2.17. The van der Waals surface area contributed by atoms with Crippen LogP contribution in [0.25, 0.3) is 15.9 Å². The van der Waals surface area contributed by atoms with Crippen LogP contribution in [0.5, 0.6) is 0 Å². The van der Waals surface area contributed by atoms with E-state index in [0.29, 0.717) is 0 Å². The van der Waals surface area contributed by atoms with Crippen LogP contribution < -0.4 is 5.32 Å². The summed E-state index contributed by atoms with van der Waals surface area (Å²) in [6, 6.07) is 13.8. The summed E-state index contributed by atoms with van der Waals surface area (Å²) < 4.78 is 2.05. The summed E-state index contributed by atoms with van der Waals surface area (Å²) >= 11 is 3.66. The maximum Gasteiger partial charge on any atom is 0.259 e. The van der Waals surface area contributed by atoms with Crippen molar-refractivity contribution in [3.05, 3.63) is 77.1 Å². The first-order chi connectivity index (χ1) is 13.3. The number of benzene rings is 1. The maximum absolute atomic E-state index is 13.4. The number of amides is 1. The molecule has 0 unspecified atom stereocenters. The third-order valence-corrected chi connectivity index (χ3v) is 7.16. The largest absolute Gasteiger partial charge is 0.320 e. The van der Waals surface area contributed by atoms with E-state index in [0.717, 1.165) is 45.1 Å². The maximum atomic E-state index is 13.4. The molecule has 134 valence electrons. The van der Waals surface area contributed by atoms with E-state index in [1.807, 2.05) is 71.2 Å². The first-order valence-corrected chi connectivity index (χ1v) is 10.8. The number of para-hydroxylation sites is 1. The minimum absolute atomic E-state index is 0.0544. The standard InChI is InChI=1S/C21H17N3OS2/c25-20(23-16-7-3-5-14-6-4-9-22-19(14)16)18-15-8-12-26-13-17(15)27-21(18)24-10-1-2-11-24/h1-7,9-11H,8,12-13H2,(H,23,25). The molecule has 27 heavy (non-hydrogen) atoms. The fourth-order valence-electron chi connectivity index (χ4n) is 3.49. The summed E-state index contributed by atoms with van der Waals surface area (Å²) in [6.45, 7) is 0. The number of pyridine rings is 1. The van der Waals surface area contributed by atoms with Crippen molar-refractivity contribution < 1.29 is 4.79 Å². The van der Waals surface area contributed by atoms with E-state index in [1.165, 1.54) is 10.4 Å². The van der Waals surface area contributed by atoms with E-state index in [-0.39, 0.29) is 5.91 Å². The van der Waals surface area contributed by atoms with Gasteiger partial charge in [-0.3, -0.25) is 9.78 Å². The first kappa shape index (κ1) is 16.6. The molecule has 0 atom stereocenters. The van der Waals surface area contributed by atoms with E-state index in [2.05, 4.69) is 10.3 Å². The summed E-state index contributed by atoms with van der Waals surface area (Å²) in [5.41, 5.74) is 3.57. The predicted molar refractivity (Wildman–Crippen MR) is 113 cm³/mol. The number of aromatic nitrogens is 2. The van der Waals surface area contributed by atoms with Crippen LogP contribution in [0.3, 0.4) is 0 Å². The molecule has 1 N–H and O–H groups in total. The third kappa shape index (κ3) is 2.95. The minimum atomic E-state index is -0.0544. The number of fused-ring (bicyclic) bond motifs is 2. The fraction of sp³-hybridized carbons (Fsp3) is 0.143. The van der Waals surface area contributed by atoms with Gasteiger partial charge in [-0.1, -0.05) is 18.2 Å². The summed E-state index contributed by atoms with van der Waals surface area (Å²) in [6.07, 6.45) is 6.70. The molecule has 4 heterocycles. The number of hydrogen-bond donors (Lipinski definition) is 1. The van der Waals surface area contributed by atoms with Gasteiger partial charge in [-0.2, -0.15) is 11.8 Å². The molecular weight excluding hydrogens is 374 g/mol. The predicted octanol–water partition coefficient (Wildman–Crippen LogP) is 5.13. The van der Waals surface area contributed by atoms with Gasteiger partial charge >= 0.3 is 0 Å². The summed E-state index contributed by atoms with van der Waals surface area (Å²) in [5.74, 6) is 1.99. The molecule has 1 aliphatic rings. The van der Waals surface area contributed by atoms with Crippen molar-refractivity contribution in [2.24, 2.45) is 0 Å². The molecule has 0 saturated carbocycles. The molecule has 0 spiro atoms. The monoisotopic (exact) mass is 391 g/mol. The highest BCUT2D eigenvalue weighted by Gasteiger charge is 2.26. The zero-order valence-electron chi connectivity index (χ0n) is 14.5. The zero-order valence-corrected chi connectivity index (χ0v) is 16.1. The number of carbonyl (C=O) groups excluding carboxylic acids is 1. The molecule has 4 nitrogen and oxygen atoms in total. The van der Waals surface area contributed by atoms with Gasteiger partial charge in [0.05, 0.1) is 16.8 Å². The van der Waals surface area contributed by atoms with Gasteiger partial charge in [0, 0.05) is 34.6 Å². The fourth-order valence-corrected chi connectivity index (χ4v) is 5.94. The van der Waals surface area contributed by atoms with Gasteiger partial charge in [-0.25, -0.2) is 0 Å². The van der Waals surface area contributed by atoms with Gasteiger partial charge in [0.25, 0.3) is 5.91 Å². The molecule has 3 aromatic heterocycles. The number of thiophene rings is 1. The number of nitrogens with one attached hydrogen (secondary N) is 1. The van der Waals surface area contributed by atoms with E-state index < -0.39 is 0 Å². The van der Waals surface area contributed by atoms with Gasteiger partial charge in [-0.05, 0) is 42.0 Å².